The smallest absolute Gasteiger partial charge is 0.0711 e. The average Bonchev–Trinajstić information content (AvgIpc) is 3.01. The van der Waals surface area contributed by atoms with Gasteiger partial charge in [0.25, 0.3) is 0 Å². The van der Waals surface area contributed by atoms with Gasteiger partial charge in [0.05, 0.1) is 12.3 Å². The lowest BCUT2D eigenvalue weighted by molar-refractivity contribution is 0.112. The molecule has 0 bridgehead atoms. The Morgan fingerprint density at radius 1 is 1.30 bits per heavy atom. The van der Waals surface area contributed by atoms with Crippen LogP contribution in [-0.4, -0.2) is 43.5 Å². The van der Waals surface area contributed by atoms with E-state index in [1.807, 2.05) is 48.6 Å². The molecule has 5 heteroatoms. The normalized spacial score (nSPS) is 23.3. The molecule has 0 aliphatic carbocycles. The van der Waals surface area contributed by atoms with E-state index in [0.29, 0.717) is 0 Å². The fourth-order valence-corrected chi connectivity index (χ4v) is 2.90. The highest BCUT2D eigenvalue weighted by Gasteiger charge is 2.32. The van der Waals surface area contributed by atoms with Crippen LogP contribution in [0.25, 0.3) is 0 Å². The van der Waals surface area contributed by atoms with E-state index >= 15 is 0 Å². The van der Waals surface area contributed by atoms with Gasteiger partial charge in [-0.25, -0.2) is 0 Å². The molecule has 1 saturated heterocycles. The Morgan fingerprint density at radius 3 is 2.80 bits per heavy atom. The minimum absolute atomic E-state index is 0.173. The first-order valence-corrected chi connectivity index (χ1v) is 7.01. The summed E-state index contributed by atoms with van der Waals surface area (Å²) in [5.41, 5.74) is 2.42. The molecular weight excluding hydrogens is 252 g/mol. The fourth-order valence-electron chi connectivity index (χ4n) is 2.90. The van der Waals surface area contributed by atoms with Gasteiger partial charge in [-0.3, -0.25) is 14.6 Å². The Hall–Kier alpha value is -1.72. The van der Waals surface area contributed by atoms with Crippen molar-refractivity contribution < 1.29 is 5.11 Å². The van der Waals surface area contributed by atoms with E-state index in [-0.39, 0.29) is 12.1 Å². The summed E-state index contributed by atoms with van der Waals surface area (Å²) in [6.45, 7) is 1.80. The highest BCUT2D eigenvalue weighted by atomic mass is 16.3. The van der Waals surface area contributed by atoms with Gasteiger partial charge in [0.15, 0.2) is 0 Å². The van der Waals surface area contributed by atoms with Gasteiger partial charge in [-0.2, -0.15) is 5.10 Å². The number of aliphatic hydroxyl groups is 1. The maximum Gasteiger partial charge on any atom is 0.0711 e. The lowest BCUT2D eigenvalue weighted by Gasteiger charge is -2.25. The van der Waals surface area contributed by atoms with Crippen molar-refractivity contribution in [2.75, 3.05) is 6.54 Å². The van der Waals surface area contributed by atoms with Crippen molar-refractivity contribution in [1.82, 2.24) is 19.7 Å². The lowest BCUT2D eigenvalue weighted by atomic mass is 10.0. The monoisotopic (exact) mass is 272 g/mol. The first-order valence-electron chi connectivity index (χ1n) is 7.01. The Morgan fingerprint density at radius 2 is 2.10 bits per heavy atom. The molecular formula is C15H20N4O. The molecule has 2 aromatic heterocycles. The largest absolute Gasteiger partial charge is 0.391 e. The fraction of sp³-hybridized carbons (Fsp3) is 0.467. The Labute approximate surface area is 118 Å². The quantitative estimate of drug-likeness (QED) is 0.902. The number of likely N-dealkylation sites (tertiary alicyclic amines) is 1. The molecule has 106 valence electrons. The van der Waals surface area contributed by atoms with Crippen LogP contribution < -0.4 is 0 Å². The molecule has 0 aromatic carbocycles. The maximum absolute atomic E-state index is 10.2. The molecule has 1 N–H and O–H groups in total. The number of aromatic nitrogens is 3. The van der Waals surface area contributed by atoms with Crippen LogP contribution in [0.5, 0.6) is 0 Å². The van der Waals surface area contributed by atoms with Crippen LogP contribution in [0.2, 0.25) is 0 Å². The molecule has 3 heterocycles. The molecule has 1 aliphatic rings. The van der Waals surface area contributed by atoms with Gasteiger partial charge in [0.1, 0.15) is 0 Å². The molecule has 1 fully saturated rings. The van der Waals surface area contributed by atoms with Gasteiger partial charge in [-0.05, 0) is 36.1 Å². The van der Waals surface area contributed by atoms with Crippen molar-refractivity contribution in [3.05, 3.63) is 48.0 Å². The standard InChI is InChI=1S/C15H20N4O/c1-18-10-13(9-17-18)8-14-15(20)4-7-19(14)11-12-2-5-16-6-3-12/h2-3,5-6,9-10,14-15,20H,4,7-8,11H2,1H3/t14-,15+/m0/s1. The summed E-state index contributed by atoms with van der Waals surface area (Å²) in [6, 6.07) is 4.24. The number of pyridine rings is 1. The first kappa shape index (κ1) is 13.3. The van der Waals surface area contributed by atoms with Gasteiger partial charge in [-0.1, -0.05) is 0 Å². The summed E-state index contributed by atoms with van der Waals surface area (Å²) in [5.74, 6) is 0. The zero-order valence-electron chi connectivity index (χ0n) is 11.7. The molecule has 2 atom stereocenters. The summed E-state index contributed by atoms with van der Waals surface area (Å²) in [7, 11) is 1.92. The van der Waals surface area contributed by atoms with Crippen molar-refractivity contribution in [2.24, 2.45) is 7.05 Å². The summed E-state index contributed by atoms with van der Waals surface area (Å²) >= 11 is 0. The predicted molar refractivity (Wildman–Crippen MR) is 76.0 cm³/mol. The van der Waals surface area contributed by atoms with E-state index in [9.17, 15) is 5.11 Å². The second-order valence-corrected chi connectivity index (χ2v) is 5.48. The van der Waals surface area contributed by atoms with Crippen LogP contribution in [0.1, 0.15) is 17.5 Å². The number of rotatable bonds is 4. The third-order valence-corrected chi connectivity index (χ3v) is 3.96. The molecule has 0 unspecified atom stereocenters. The second kappa shape index (κ2) is 5.73. The summed E-state index contributed by atoms with van der Waals surface area (Å²) in [4.78, 5) is 6.40. The molecule has 0 radical (unpaired) electrons. The Kier molecular flexibility index (Phi) is 3.80. The number of aryl methyl sites for hydroxylation is 1. The third kappa shape index (κ3) is 2.89. The lowest BCUT2D eigenvalue weighted by Crippen LogP contribution is -2.36. The van der Waals surface area contributed by atoms with E-state index in [4.69, 9.17) is 0 Å². The van der Waals surface area contributed by atoms with Gasteiger partial charge in [0.2, 0.25) is 0 Å². The molecule has 3 rings (SSSR count). The van der Waals surface area contributed by atoms with Crippen LogP contribution in [0.15, 0.2) is 36.9 Å². The molecule has 0 spiro atoms. The van der Waals surface area contributed by atoms with Gasteiger partial charge in [0, 0.05) is 44.8 Å². The predicted octanol–water partition coefficient (Wildman–Crippen LogP) is 0.993. The minimum Gasteiger partial charge on any atom is -0.391 e. The number of aliphatic hydroxyl groups excluding tert-OH is 1. The van der Waals surface area contributed by atoms with Crippen LogP contribution >= 0.6 is 0 Å². The first-order chi connectivity index (χ1) is 9.72. The third-order valence-electron chi connectivity index (χ3n) is 3.96. The van der Waals surface area contributed by atoms with E-state index in [1.165, 1.54) is 11.1 Å². The van der Waals surface area contributed by atoms with Crippen molar-refractivity contribution in [2.45, 2.75) is 31.5 Å². The maximum atomic E-state index is 10.2. The highest BCUT2D eigenvalue weighted by Crippen LogP contribution is 2.23. The van der Waals surface area contributed by atoms with Crippen molar-refractivity contribution in [1.29, 1.82) is 0 Å². The average molecular weight is 272 g/mol. The van der Waals surface area contributed by atoms with Gasteiger partial charge >= 0.3 is 0 Å². The number of hydrogen-bond donors (Lipinski definition) is 1. The molecule has 1 aliphatic heterocycles. The van der Waals surface area contributed by atoms with Crippen molar-refractivity contribution in [3.63, 3.8) is 0 Å². The van der Waals surface area contributed by atoms with E-state index in [1.54, 1.807) is 0 Å². The van der Waals surface area contributed by atoms with Crippen LogP contribution in [-0.2, 0) is 20.0 Å². The topological polar surface area (TPSA) is 54.2 Å². The Bertz CT molecular complexity index is 554. The van der Waals surface area contributed by atoms with E-state index in [2.05, 4.69) is 15.0 Å². The molecule has 20 heavy (non-hydrogen) atoms. The van der Waals surface area contributed by atoms with E-state index < -0.39 is 0 Å². The van der Waals surface area contributed by atoms with Crippen LogP contribution in [0.4, 0.5) is 0 Å². The zero-order valence-corrected chi connectivity index (χ0v) is 11.7. The van der Waals surface area contributed by atoms with Crippen molar-refractivity contribution in [3.8, 4) is 0 Å². The Balaban J connectivity index is 1.70. The van der Waals surface area contributed by atoms with Crippen LogP contribution in [0, 0.1) is 0 Å². The molecule has 2 aromatic rings. The summed E-state index contributed by atoms with van der Waals surface area (Å²) in [5, 5.41) is 14.4. The van der Waals surface area contributed by atoms with Gasteiger partial charge in [-0.15, -0.1) is 0 Å². The minimum atomic E-state index is -0.253. The molecule has 0 amide bonds. The van der Waals surface area contributed by atoms with Crippen LogP contribution in [0.3, 0.4) is 0 Å². The van der Waals surface area contributed by atoms with Gasteiger partial charge < -0.3 is 5.11 Å². The second-order valence-electron chi connectivity index (χ2n) is 5.48. The number of nitrogens with zero attached hydrogens (tertiary/aromatic N) is 4. The summed E-state index contributed by atoms with van der Waals surface area (Å²) < 4.78 is 1.81. The zero-order chi connectivity index (χ0) is 13.9. The molecule has 5 nitrogen and oxygen atoms in total. The number of hydrogen-bond acceptors (Lipinski definition) is 4. The SMILES string of the molecule is Cn1cc(C[C@H]2[C@H](O)CCN2Cc2ccncc2)cn1. The van der Waals surface area contributed by atoms with E-state index in [0.717, 1.165) is 25.9 Å². The highest BCUT2D eigenvalue weighted by molar-refractivity contribution is 5.12. The molecule has 0 saturated carbocycles. The summed E-state index contributed by atoms with van der Waals surface area (Å²) in [6.07, 6.45) is 8.98. The van der Waals surface area contributed by atoms with Crippen molar-refractivity contribution >= 4 is 0 Å².